The van der Waals surface area contributed by atoms with Crippen LogP contribution >= 0.6 is 0 Å². The Morgan fingerprint density at radius 3 is 1.12 bits per heavy atom. The van der Waals surface area contributed by atoms with Crippen LogP contribution in [0.4, 0.5) is 0 Å². The second kappa shape index (κ2) is 11.5. The van der Waals surface area contributed by atoms with Gasteiger partial charge in [0.1, 0.15) is 22.2 Å². The van der Waals surface area contributed by atoms with Gasteiger partial charge in [0, 0.05) is 54.2 Å². The van der Waals surface area contributed by atoms with E-state index in [2.05, 4.69) is 155 Å². The number of hydrogen-bond donors (Lipinski definition) is 0. The lowest BCUT2D eigenvalue weighted by molar-refractivity contribution is 0.670. The van der Waals surface area contributed by atoms with Gasteiger partial charge < -0.3 is 8.83 Å². The zero-order valence-corrected chi connectivity index (χ0v) is 33.7. The Kier molecular flexibility index (Phi) is 5.91. The van der Waals surface area contributed by atoms with E-state index in [1.165, 1.54) is 0 Å². The molecular weight excluding hydrogens is 789 g/mol. The molecule has 9 aromatic carbocycles. The number of aromatic nitrogens is 6. The smallest absolute Gasteiger partial charge is 0.237 e. The van der Waals surface area contributed by atoms with E-state index in [9.17, 15) is 0 Å². The molecule has 0 radical (unpaired) electrons. The van der Waals surface area contributed by atoms with E-state index in [4.69, 9.17) is 28.8 Å². The average molecular weight is 817 g/mol. The summed E-state index contributed by atoms with van der Waals surface area (Å²) in [6.07, 6.45) is 0. The third-order valence-corrected chi connectivity index (χ3v) is 13.7. The molecule has 0 fully saturated rings. The first-order chi connectivity index (χ1) is 31.8. The maximum Gasteiger partial charge on any atom is 0.237 e. The summed E-state index contributed by atoms with van der Waals surface area (Å²) in [5.74, 6) is 1.01. The third-order valence-electron chi connectivity index (χ3n) is 13.7. The van der Waals surface area contributed by atoms with Crippen LogP contribution in [0.5, 0.6) is 0 Å². The molecule has 1 aliphatic carbocycles. The van der Waals surface area contributed by atoms with Gasteiger partial charge in [-0.15, -0.1) is 0 Å². The lowest BCUT2D eigenvalue weighted by Crippen LogP contribution is -2.07. The maximum atomic E-state index is 6.90. The van der Waals surface area contributed by atoms with Gasteiger partial charge in [0.15, 0.2) is 16.8 Å². The predicted molar refractivity (Wildman–Crippen MR) is 258 cm³/mol. The monoisotopic (exact) mass is 816 g/mol. The summed E-state index contributed by atoms with van der Waals surface area (Å²) in [6, 6.07) is 59.3. The van der Waals surface area contributed by atoms with Crippen molar-refractivity contribution in [1.82, 2.24) is 29.1 Å². The fourth-order valence-electron chi connectivity index (χ4n) is 11.2. The topological polar surface area (TPSA) is 87.7 Å². The molecule has 294 valence electrons. The highest BCUT2D eigenvalue weighted by atomic mass is 16.3. The van der Waals surface area contributed by atoms with Gasteiger partial charge >= 0.3 is 0 Å². The summed E-state index contributed by atoms with van der Waals surface area (Å²) in [5.41, 5.74) is 11.2. The lowest BCUT2D eigenvalue weighted by atomic mass is 9.99. The van der Waals surface area contributed by atoms with Gasteiger partial charge in [0.2, 0.25) is 11.9 Å². The van der Waals surface area contributed by atoms with Crippen molar-refractivity contribution in [2.24, 2.45) is 0 Å². The van der Waals surface area contributed by atoms with E-state index in [1.54, 1.807) is 0 Å². The van der Waals surface area contributed by atoms with Crippen molar-refractivity contribution in [3.05, 3.63) is 170 Å². The molecule has 16 rings (SSSR count). The van der Waals surface area contributed by atoms with Crippen molar-refractivity contribution in [3.63, 3.8) is 0 Å². The highest BCUT2D eigenvalue weighted by Gasteiger charge is 2.32. The van der Waals surface area contributed by atoms with Gasteiger partial charge in [-0.2, -0.15) is 9.97 Å². The van der Waals surface area contributed by atoms with E-state index >= 15 is 0 Å². The summed E-state index contributed by atoms with van der Waals surface area (Å²) < 4.78 is 18.2. The van der Waals surface area contributed by atoms with Crippen molar-refractivity contribution in [1.29, 1.82) is 0 Å². The summed E-state index contributed by atoms with van der Waals surface area (Å²) in [5, 5.41) is 14.0. The van der Waals surface area contributed by atoms with E-state index in [1.807, 2.05) is 24.3 Å². The molecule has 0 spiro atoms. The molecule has 1 aliphatic rings. The molecule has 0 amide bonds. The van der Waals surface area contributed by atoms with Crippen LogP contribution in [0.15, 0.2) is 179 Å². The van der Waals surface area contributed by atoms with Gasteiger partial charge in [-0.05, 0) is 45.8 Å². The van der Waals surface area contributed by atoms with Crippen LogP contribution in [0, 0.1) is 0 Å². The maximum absolute atomic E-state index is 6.90. The van der Waals surface area contributed by atoms with Crippen molar-refractivity contribution in [2.45, 2.75) is 0 Å². The summed E-state index contributed by atoms with van der Waals surface area (Å²) >= 11 is 0. The van der Waals surface area contributed by atoms with Crippen LogP contribution in [-0.2, 0) is 0 Å². The number of hydrogen-bond acceptors (Lipinski definition) is 6. The fourth-order valence-corrected chi connectivity index (χ4v) is 11.2. The number of fused-ring (bicyclic) bond motifs is 23. The van der Waals surface area contributed by atoms with Crippen LogP contribution in [0.3, 0.4) is 0 Å². The molecule has 0 bridgehead atoms. The quantitative estimate of drug-likeness (QED) is 0.173. The summed E-state index contributed by atoms with van der Waals surface area (Å²) in [4.78, 5) is 22.0. The van der Waals surface area contributed by atoms with E-state index in [-0.39, 0.29) is 0 Å². The molecule has 0 atom stereocenters. The Morgan fingerprint density at radius 2 is 0.672 bits per heavy atom. The third kappa shape index (κ3) is 3.91. The SMILES string of the molecule is c1ccc2c(c1)-c1nc(-n3c4ccccc4c4c5ccccc5c5c6ccccc6oc5c43)nc3nc(-n4c5ccccc5c5c6ccccc6c6c7ccccc7oc6c54)nc-2c13. The largest absolute Gasteiger partial charge is 0.454 e. The lowest BCUT2D eigenvalue weighted by Gasteiger charge is -2.12. The fraction of sp³-hybridized carbons (Fsp3) is 0. The molecule has 0 saturated heterocycles. The molecule has 0 N–H and O–H groups in total. The number of furan rings is 2. The van der Waals surface area contributed by atoms with Crippen molar-refractivity contribution in [2.75, 3.05) is 0 Å². The number of para-hydroxylation sites is 4. The van der Waals surface area contributed by atoms with E-state index in [0.717, 1.165) is 137 Å². The van der Waals surface area contributed by atoms with Crippen LogP contribution in [0.2, 0.25) is 0 Å². The van der Waals surface area contributed by atoms with Crippen molar-refractivity contribution in [3.8, 4) is 34.4 Å². The van der Waals surface area contributed by atoms with Crippen LogP contribution in [0.25, 0.3) is 154 Å². The Labute approximate surface area is 360 Å². The Bertz CT molecular complexity index is 4340. The summed E-state index contributed by atoms with van der Waals surface area (Å²) in [6.45, 7) is 0. The molecule has 8 heteroatoms. The first-order valence-electron chi connectivity index (χ1n) is 21.5. The molecule has 6 aromatic heterocycles. The molecule has 64 heavy (non-hydrogen) atoms. The first kappa shape index (κ1) is 32.8. The second-order valence-corrected chi connectivity index (χ2v) is 16.8. The first-order valence-corrected chi connectivity index (χ1v) is 21.5. The molecule has 15 aromatic rings. The van der Waals surface area contributed by atoms with E-state index in [0.29, 0.717) is 17.5 Å². The minimum atomic E-state index is 0.505. The molecule has 8 nitrogen and oxygen atoms in total. The molecule has 6 heterocycles. The molecule has 0 unspecified atom stereocenters. The normalized spacial score (nSPS) is 12.7. The predicted octanol–water partition coefficient (Wildman–Crippen LogP) is 14.4. The van der Waals surface area contributed by atoms with Gasteiger partial charge in [0.05, 0.1) is 27.8 Å². The van der Waals surface area contributed by atoms with Crippen LogP contribution < -0.4 is 0 Å². The highest BCUT2D eigenvalue weighted by Crippen LogP contribution is 2.50. The van der Waals surface area contributed by atoms with Gasteiger partial charge in [0.25, 0.3) is 0 Å². The van der Waals surface area contributed by atoms with Crippen LogP contribution in [-0.4, -0.2) is 29.1 Å². The zero-order valence-electron chi connectivity index (χ0n) is 33.7. The van der Waals surface area contributed by atoms with Crippen LogP contribution in [0.1, 0.15) is 0 Å². The Morgan fingerprint density at radius 1 is 0.312 bits per heavy atom. The Hall–Kier alpha value is -8.88. The molecular formula is C56H28N6O2. The van der Waals surface area contributed by atoms with Crippen molar-refractivity contribution < 1.29 is 8.83 Å². The van der Waals surface area contributed by atoms with Crippen molar-refractivity contribution >= 4 is 120 Å². The molecule has 0 aliphatic heterocycles. The van der Waals surface area contributed by atoms with E-state index < -0.39 is 0 Å². The Balaban J connectivity index is 1.08. The molecule has 0 saturated carbocycles. The van der Waals surface area contributed by atoms with Gasteiger partial charge in [-0.3, -0.25) is 9.13 Å². The van der Waals surface area contributed by atoms with Gasteiger partial charge in [-0.25, -0.2) is 9.97 Å². The minimum Gasteiger partial charge on any atom is -0.454 e. The standard InChI is InChI=1S/C56H28N6O2/c1-3-17-31-29(15-1)43-35-21-7-11-25-39(35)61(50(43)52-45(31)37-23-9-13-27-41(37)63-52)55-57-48-33-19-5-6-20-34(33)49-47(48)54(59-55)60-56(58-49)62-40-26-12-8-22-36(40)44-30-16-2-4-18-32(30)46-38-24-10-14-28-42(38)64-53(46)51(44)62/h1-28H. The zero-order chi connectivity index (χ0) is 41.4. The second-order valence-electron chi connectivity index (χ2n) is 16.8. The highest BCUT2D eigenvalue weighted by molar-refractivity contribution is 6.36. The number of benzene rings is 9. The minimum absolute atomic E-state index is 0.505. The average Bonchev–Trinajstić information content (AvgIpc) is 4.16. The number of nitrogens with zero attached hydrogens (tertiary/aromatic N) is 6. The van der Waals surface area contributed by atoms with Gasteiger partial charge in [-0.1, -0.05) is 146 Å². The summed E-state index contributed by atoms with van der Waals surface area (Å²) in [7, 11) is 0. The number of rotatable bonds is 2.